The number of hydrogen-bond acceptors (Lipinski definition) is 2. The van der Waals surface area contributed by atoms with Crippen molar-refractivity contribution in [2.75, 3.05) is 0 Å². The molecule has 0 saturated heterocycles. The monoisotopic (exact) mass is 218 g/mol. The first-order valence-corrected chi connectivity index (χ1v) is 4.39. The predicted octanol–water partition coefficient (Wildman–Crippen LogP) is 0.839. The van der Waals surface area contributed by atoms with E-state index in [1.807, 2.05) is 0 Å². The van der Waals surface area contributed by atoms with Gasteiger partial charge < -0.3 is 10.2 Å². The van der Waals surface area contributed by atoms with Crippen LogP contribution in [0.15, 0.2) is 12.2 Å². The van der Waals surface area contributed by atoms with E-state index in [1.165, 1.54) is 0 Å². The fourth-order valence-electron chi connectivity index (χ4n) is 2.50. The number of fused-ring (bicyclic) bond motifs is 2. The van der Waals surface area contributed by atoms with Crippen LogP contribution in [0.2, 0.25) is 0 Å². The van der Waals surface area contributed by atoms with Gasteiger partial charge in [-0.3, -0.25) is 9.59 Å². The van der Waals surface area contributed by atoms with Crippen LogP contribution >= 0.6 is 0 Å². The highest BCUT2D eigenvalue weighted by Gasteiger charge is 2.67. The Labute approximate surface area is 83.2 Å². The SMILES string of the molecule is O=C(O)[C@@H]1C2C=CC([C@@H]1C(=O)O)C2(F)F. The lowest BCUT2D eigenvalue weighted by molar-refractivity contribution is -0.154. The first-order chi connectivity index (χ1) is 6.87. The van der Waals surface area contributed by atoms with Crippen molar-refractivity contribution in [1.82, 2.24) is 0 Å². The normalized spacial score (nSPS) is 40.7. The van der Waals surface area contributed by atoms with Gasteiger partial charge in [0.15, 0.2) is 0 Å². The summed E-state index contributed by atoms with van der Waals surface area (Å²) in [5, 5.41) is 17.5. The van der Waals surface area contributed by atoms with Crippen LogP contribution in [0.3, 0.4) is 0 Å². The molecule has 0 aromatic carbocycles. The Bertz CT molecular complexity index is 331. The molecule has 0 radical (unpaired) electrons. The number of carbonyl (C=O) groups is 2. The van der Waals surface area contributed by atoms with E-state index in [0.717, 1.165) is 12.2 Å². The molecule has 0 aromatic rings. The maximum absolute atomic E-state index is 13.4. The molecule has 1 fully saturated rings. The zero-order valence-corrected chi connectivity index (χ0v) is 7.43. The second-order valence-electron chi connectivity index (χ2n) is 3.84. The van der Waals surface area contributed by atoms with E-state index in [0.29, 0.717) is 0 Å². The van der Waals surface area contributed by atoms with Crippen LogP contribution in [0.1, 0.15) is 0 Å². The molecule has 2 rings (SSSR count). The van der Waals surface area contributed by atoms with E-state index in [1.54, 1.807) is 0 Å². The van der Waals surface area contributed by atoms with Crippen molar-refractivity contribution >= 4 is 11.9 Å². The van der Waals surface area contributed by atoms with Gasteiger partial charge in [-0.1, -0.05) is 12.2 Å². The molecule has 0 spiro atoms. The van der Waals surface area contributed by atoms with Crippen molar-refractivity contribution < 1.29 is 28.6 Å². The number of carboxylic acid groups (broad SMARTS) is 2. The fourth-order valence-corrected chi connectivity index (χ4v) is 2.50. The molecular weight excluding hydrogens is 210 g/mol. The molecule has 82 valence electrons. The van der Waals surface area contributed by atoms with Gasteiger partial charge in [0.1, 0.15) is 0 Å². The Kier molecular flexibility index (Phi) is 1.86. The molecular formula is C9H8F2O4. The first-order valence-electron chi connectivity index (χ1n) is 4.39. The minimum atomic E-state index is -3.24. The van der Waals surface area contributed by atoms with Gasteiger partial charge in [-0.15, -0.1) is 0 Å². The number of alkyl halides is 2. The standard InChI is InChI=1S/C9H8F2O4/c10-9(11)3-1-2-4(9)6(8(14)15)5(3)7(12)13/h1-6H,(H,12,13)(H,14,15)/t3?,4?,5-,6+. The lowest BCUT2D eigenvalue weighted by Crippen LogP contribution is -2.32. The molecule has 4 nitrogen and oxygen atoms in total. The summed E-state index contributed by atoms with van der Waals surface area (Å²) in [6, 6.07) is 0. The molecule has 2 N–H and O–H groups in total. The van der Waals surface area contributed by atoms with Crippen LogP contribution in [-0.4, -0.2) is 28.1 Å². The number of halogens is 2. The van der Waals surface area contributed by atoms with Gasteiger partial charge in [-0.05, 0) is 0 Å². The van der Waals surface area contributed by atoms with Crippen molar-refractivity contribution in [3.05, 3.63) is 12.2 Å². The molecule has 1 saturated carbocycles. The molecule has 0 amide bonds. The molecule has 0 heterocycles. The number of hydrogen-bond donors (Lipinski definition) is 2. The van der Waals surface area contributed by atoms with Crippen LogP contribution in [0, 0.1) is 23.7 Å². The molecule has 0 aromatic heterocycles. The van der Waals surface area contributed by atoms with Crippen molar-refractivity contribution in [3.8, 4) is 0 Å². The second kappa shape index (κ2) is 2.77. The highest BCUT2D eigenvalue weighted by molar-refractivity contribution is 5.83. The van der Waals surface area contributed by atoms with Crippen molar-refractivity contribution in [3.63, 3.8) is 0 Å². The molecule has 2 aliphatic rings. The minimum Gasteiger partial charge on any atom is -0.481 e. The molecule has 6 heteroatoms. The molecule has 2 aliphatic carbocycles. The molecule has 2 unspecified atom stereocenters. The Hall–Kier alpha value is -1.46. The van der Waals surface area contributed by atoms with Crippen LogP contribution < -0.4 is 0 Å². The van der Waals surface area contributed by atoms with E-state index in [9.17, 15) is 18.4 Å². The molecule has 0 aliphatic heterocycles. The molecule has 2 bridgehead atoms. The highest BCUT2D eigenvalue weighted by atomic mass is 19.3. The van der Waals surface area contributed by atoms with Crippen LogP contribution in [0.4, 0.5) is 8.78 Å². The van der Waals surface area contributed by atoms with Crippen LogP contribution in [0.5, 0.6) is 0 Å². The number of carboxylic acids is 2. The topological polar surface area (TPSA) is 74.6 Å². The summed E-state index contributed by atoms with van der Waals surface area (Å²) >= 11 is 0. The maximum atomic E-state index is 13.4. The first kappa shape index (κ1) is 10.1. The summed E-state index contributed by atoms with van der Waals surface area (Å²) in [5.74, 6) is -12.2. The third-order valence-electron chi connectivity index (χ3n) is 3.15. The van der Waals surface area contributed by atoms with E-state index in [-0.39, 0.29) is 0 Å². The second-order valence-corrected chi connectivity index (χ2v) is 3.84. The van der Waals surface area contributed by atoms with E-state index >= 15 is 0 Å². The van der Waals surface area contributed by atoms with E-state index < -0.39 is 41.5 Å². The largest absolute Gasteiger partial charge is 0.481 e. The van der Waals surface area contributed by atoms with Gasteiger partial charge in [0.25, 0.3) is 5.92 Å². The van der Waals surface area contributed by atoms with Crippen molar-refractivity contribution in [2.45, 2.75) is 5.92 Å². The van der Waals surface area contributed by atoms with E-state index in [2.05, 4.69) is 0 Å². The van der Waals surface area contributed by atoms with Gasteiger partial charge in [0.2, 0.25) is 0 Å². The average Bonchev–Trinajstić information content (AvgIpc) is 2.52. The smallest absolute Gasteiger partial charge is 0.308 e. The average molecular weight is 218 g/mol. The molecule has 15 heavy (non-hydrogen) atoms. The third kappa shape index (κ3) is 1.10. The summed E-state index contributed by atoms with van der Waals surface area (Å²) in [7, 11) is 0. The summed E-state index contributed by atoms with van der Waals surface area (Å²) in [6.45, 7) is 0. The number of aliphatic carboxylic acids is 2. The summed E-state index contributed by atoms with van der Waals surface area (Å²) in [5.41, 5.74) is 0. The third-order valence-corrected chi connectivity index (χ3v) is 3.15. The quantitative estimate of drug-likeness (QED) is 0.673. The van der Waals surface area contributed by atoms with Crippen molar-refractivity contribution in [1.29, 1.82) is 0 Å². The minimum absolute atomic E-state index is 1.11. The Morgan fingerprint density at radius 2 is 1.33 bits per heavy atom. The highest BCUT2D eigenvalue weighted by Crippen LogP contribution is 2.57. The molecule has 4 atom stereocenters. The Balaban J connectivity index is 2.45. The number of rotatable bonds is 2. The van der Waals surface area contributed by atoms with Gasteiger partial charge in [0.05, 0.1) is 23.7 Å². The van der Waals surface area contributed by atoms with E-state index in [4.69, 9.17) is 10.2 Å². The Morgan fingerprint density at radius 3 is 1.60 bits per heavy atom. The fraction of sp³-hybridized carbons (Fsp3) is 0.556. The zero-order valence-electron chi connectivity index (χ0n) is 7.43. The van der Waals surface area contributed by atoms with Gasteiger partial charge in [-0.25, -0.2) is 8.78 Å². The maximum Gasteiger partial charge on any atom is 0.308 e. The summed E-state index contributed by atoms with van der Waals surface area (Å²) < 4.78 is 26.9. The number of allylic oxidation sites excluding steroid dienone is 2. The Morgan fingerprint density at radius 1 is 1.00 bits per heavy atom. The van der Waals surface area contributed by atoms with Gasteiger partial charge in [-0.2, -0.15) is 0 Å². The van der Waals surface area contributed by atoms with Gasteiger partial charge in [0, 0.05) is 0 Å². The van der Waals surface area contributed by atoms with Crippen molar-refractivity contribution in [2.24, 2.45) is 23.7 Å². The predicted molar refractivity (Wildman–Crippen MR) is 43.3 cm³/mol. The summed E-state index contributed by atoms with van der Waals surface area (Å²) in [4.78, 5) is 21.5. The zero-order chi connectivity index (χ0) is 11.4. The lowest BCUT2D eigenvalue weighted by atomic mass is 9.83. The van der Waals surface area contributed by atoms with Crippen LogP contribution in [-0.2, 0) is 9.59 Å². The lowest BCUT2D eigenvalue weighted by Gasteiger charge is -2.18. The summed E-state index contributed by atoms with van der Waals surface area (Å²) in [6.07, 6.45) is 2.23. The van der Waals surface area contributed by atoms with Gasteiger partial charge >= 0.3 is 11.9 Å². The van der Waals surface area contributed by atoms with Crippen LogP contribution in [0.25, 0.3) is 0 Å².